The lowest BCUT2D eigenvalue weighted by molar-refractivity contribution is 0.126. The molecule has 1 fully saturated rings. The van der Waals surface area contributed by atoms with E-state index in [1.54, 1.807) is 0 Å². The largest absolute Gasteiger partial charge is 0.303 e. The first-order chi connectivity index (χ1) is 9.97. The fourth-order valence-electron chi connectivity index (χ4n) is 3.22. The Labute approximate surface area is 134 Å². The minimum atomic E-state index is 0.0935. The first kappa shape index (κ1) is 16.9. The molecule has 3 nitrogen and oxygen atoms in total. The molecule has 1 aliphatic heterocycles. The van der Waals surface area contributed by atoms with Gasteiger partial charge in [-0.1, -0.05) is 20.8 Å². The van der Waals surface area contributed by atoms with Gasteiger partial charge in [0.15, 0.2) is 0 Å². The van der Waals surface area contributed by atoms with Crippen LogP contribution in [0.2, 0.25) is 0 Å². The summed E-state index contributed by atoms with van der Waals surface area (Å²) < 4.78 is 0. The van der Waals surface area contributed by atoms with Crippen LogP contribution in [0.25, 0.3) is 0 Å². The smallest absolute Gasteiger partial charge is 0.113 e. The Bertz CT molecular complexity index is 431. The molecule has 0 radical (unpaired) electrons. The van der Waals surface area contributed by atoms with Crippen LogP contribution in [0.15, 0.2) is 5.38 Å². The van der Waals surface area contributed by atoms with Crippen LogP contribution in [-0.4, -0.2) is 35.6 Å². The number of piperidine rings is 1. The van der Waals surface area contributed by atoms with Crippen LogP contribution in [0, 0.1) is 0 Å². The number of hydrogen-bond donors (Lipinski definition) is 1. The van der Waals surface area contributed by atoms with E-state index in [0.29, 0.717) is 12.0 Å². The van der Waals surface area contributed by atoms with Gasteiger partial charge in [0.2, 0.25) is 0 Å². The van der Waals surface area contributed by atoms with Crippen LogP contribution in [0.1, 0.15) is 70.5 Å². The summed E-state index contributed by atoms with van der Waals surface area (Å²) in [4.78, 5) is 7.56. The van der Waals surface area contributed by atoms with Crippen molar-refractivity contribution in [3.63, 3.8) is 0 Å². The summed E-state index contributed by atoms with van der Waals surface area (Å²) >= 11 is 1.85. The third kappa shape index (κ3) is 4.05. The minimum Gasteiger partial charge on any atom is -0.303 e. The standard InChI is InChI=1S/C17H31N3S/c1-6-9-20-10-7-17(8-11-20,19-14(4)5)16-18-15(12-21-16)13(2)3/h12-14,19H,6-11H2,1-5H3. The molecule has 2 heterocycles. The molecule has 1 aliphatic rings. The quantitative estimate of drug-likeness (QED) is 0.862. The summed E-state index contributed by atoms with van der Waals surface area (Å²) in [6.45, 7) is 14.8. The van der Waals surface area contributed by atoms with Gasteiger partial charge >= 0.3 is 0 Å². The SMILES string of the molecule is CCCN1CCC(NC(C)C)(c2nc(C(C)C)cs2)CC1. The van der Waals surface area contributed by atoms with Crippen molar-refractivity contribution in [1.82, 2.24) is 15.2 Å². The van der Waals surface area contributed by atoms with Gasteiger partial charge in [0.1, 0.15) is 5.01 Å². The molecule has 120 valence electrons. The van der Waals surface area contributed by atoms with Gasteiger partial charge < -0.3 is 10.2 Å². The number of hydrogen-bond acceptors (Lipinski definition) is 4. The van der Waals surface area contributed by atoms with Crippen LogP contribution >= 0.6 is 11.3 Å². The van der Waals surface area contributed by atoms with Gasteiger partial charge in [-0.15, -0.1) is 11.3 Å². The summed E-state index contributed by atoms with van der Waals surface area (Å²) in [6.07, 6.45) is 3.60. The monoisotopic (exact) mass is 309 g/mol. The normalized spacial score (nSPS) is 19.6. The van der Waals surface area contributed by atoms with Crippen LogP contribution in [0.3, 0.4) is 0 Å². The Morgan fingerprint density at radius 3 is 2.43 bits per heavy atom. The summed E-state index contributed by atoms with van der Waals surface area (Å²) in [6, 6.07) is 0.495. The Morgan fingerprint density at radius 2 is 1.95 bits per heavy atom. The molecule has 0 amide bonds. The van der Waals surface area contributed by atoms with Crippen LogP contribution < -0.4 is 5.32 Å². The van der Waals surface area contributed by atoms with Gasteiger partial charge in [-0.25, -0.2) is 4.98 Å². The van der Waals surface area contributed by atoms with Crippen molar-refractivity contribution in [3.8, 4) is 0 Å². The maximum absolute atomic E-state index is 4.97. The molecule has 0 spiro atoms. The van der Waals surface area contributed by atoms with Crippen molar-refractivity contribution in [3.05, 3.63) is 16.1 Å². The van der Waals surface area contributed by atoms with Gasteiger partial charge in [0, 0.05) is 24.5 Å². The lowest BCUT2D eigenvalue weighted by Gasteiger charge is -2.42. The Balaban J connectivity index is 2.17. The first-order valence-electron chi connectivity index (χ1n) is 8.43. The average molecular weight is 310 g/mol. The molecule has 1 N–H and O–H groups in total. The second kappa shape index (κ2) is 7.21. The topological polar surface area (TPSA) is 28.2 Å². The summed E-state index contributed by atoms with van der Waals surface area (Å²) in [5.74, 6) is 0.520. The molecule has 21 heavy (non-hydrogen) atoms. The fourth-order valence-corrected chi connectivity index (χ4v) is 4.42. The summed E-state index contributed by atoms with van der Waals surface area (Å²) in [5, 5.41) is 7.40. The zero-order valence-corrected chi connectivity index (χ0v) is 15.1. The minimum absolute atomic E-state index is 0.0935. The molecular formula is C17H31N3S. The molecule has 0 unspecified atom stereocenters. The number of nitrogens with one attached hydrogen (secondary N) is 1. The highest BCUT2D eigenvalue weighted by molar-refractivity contribution is 7.09. The Morgan fingerprint density at radius 1 is 1.29 bits per heavy atom. The molecule has 0 atom stereocenters. The Kier molecular flexibility index (Phi) is 5.81. The fraction of sp³-hybridized carbons (Fsp3) is 0.824. The highest BCUT2D eigenvalue weighted by Crippen LogP contribution is 2.36. The molecule has 1 aromatic rings. The highest BCUT2D eigenvalue weighted by atomic mass is 32.1. The van der Waals surface area contributed by atoms with E-state index in [-0.39, 0.29) is 5.54 Å². The lowest BCUT2D eigenvalue weighted by Crippen LogP contribution is -2.53. The predicted molar refractivity (Wildman–Crippen MR) is 92.1 cm³/mol. The molecule has 0 saturated carbocycles. The van der Waals surface area contributed by atoms with Gasteiger partial charge in [0.05, 0.1) is 11.2 Å². The molecule has 1 aromatic heterocycles. The van der Waals surface area contributed by atoms with Crippen molar-refractivity contribution in [2.45, 2.75) is 71.4 Å². The third-order valence-electron chi connectivity index (χ3n) is 4.34. The van der Waals surface area contributed by atoms with Gasteiger partial charge in [0.25, 0.3) is 0 Å². The molecule has 2 rings (SSSR count). The van der Waals surface area contributed by atoms with Gasteiger partial charge in [-0.3, -0.25) is 0 Å². The molecular weight excluding hydrogens is 278 g/mol. The van der Waals surface area contributed by atoms with Crippen LogP contribution in [0.5, 0.6) is 0 Å². The zero-order chi connectivity index (χ0) is 15.5. The van der Waals surface area contributed by atoms with E-state index in [4.69, 9.17) is 4.98 Å². The summed E-state index contributed by atoms with van der Waals surface area (Å²) in [5.41, 5.74) is 1.34. The number of nitrogens with zero attached hydrogens (tertiary/aromatic N) is 2. The number of rotatable bonds is 6. The zero-order valence-electron chi connectivity index (χ0n) is 14.3. The van der Waals surface area contributed by atoms with Crippen molar-refractivity contribution in [2.24, 2.45) is 0 Å². The molecule has 0 bridgehead atoms. The van der Waals surface area contributed by atoms with Crippen molar-refractivity contribution < 1.29 is 0 Å². The average Bonchev–Trinajstić information content (AvgIpc) is 2.91. The second-order valence-electron chi connectivity index (χ2n) is 6.96. The maximum atomic E-state index is 4.97. The number of thiazole rings is 1. The van der Waals surface area contributed by atoms with Crippen molar-refractivity contribution in [2.75, 3.05) is 19.6 Å². The van der Waals surface area contributed by atoms with E-state index in [1.165, 1.54) is 49.6 Å². The lowest BCUT2D eigenvalue weighted by atomic mass is 9.87. The number of aromatic nitrogens is 1. The van der Waals surface area contributed by atoms with Crippen molar-refractivity contribution >= 4 is 11.3 Å². The molecule has 0 aromatic carbocycles. The van der Waals surface area contributed by atoms with E-state index < -0.39 is 0 Å². The molecule has 4 heteroatoms. The van der Waals surface area contributed by atoms with Crippen LogP contribution in [0.4, 0.5) is 0 Å². The van der Waals surface area contributed by atoms with E-state index in [1.807, 2.05) is 11.3 Å². The third-order valence-corrected chi connectivity index (χ3v) is 5.40. The maximum Gasteiger partial charge on any atom is 0.113 e. The van der Waals surface area contributed by atoms with Crippen LogP contribution in [-0.2, 0) is 5.54 Å². The van der Waals surface area contributed by atoms with E-state index in [9.17, 15) is 0 Å². The second-order valence-corrected chi connectivity index (χ2v) is 7.81. The molecule has 1 saturated heterocycles. The van der Waals surface area contributed by atoms with Gasteiger partial charge in [-0.2, -0.15) is 0 Å². The Hall–Kier alpha value is -0.450. The van der Waals surface area contributed by atoms with Crippen molar-refractivity contribution in [1.29, 1.82) is 0 Å². The van der Waals surface area contributed by atoms with E-state index in [2.05, 4.69) is 50.2 Å². The van der Waals surface area contributed by atoms with E-state index >= 15 is 0 Å². The number of likely N-dealkylation sites (tertiary alicyclic amines) is 1. The summed E-state index contributed by atoms with van der Waals surface area (Å²) in [7, 11) is 0. The molecule has 0 aliphatic carbocycles. The predicted octanol–water partition coefficient (Wildman–Crippen LogP) is 3.97. The highest BCUT2D eigenvalue weighted by Gasteiger charge is 2.38. The van der Waals surface area contributed by atoms with E-state index in [0.717, 1.165) is 0 Å². The van der Waals surface area contributed by atoms with Gasteiger partial charge in [-0.05, 0) is 45.6 Å². The first-order valence-corrected chi connectivity index (χ1v) is 9.31.